The molecule has 1 aliphatic heterocycles. The van der Waals surface area contributed by atoms with Crippen molar-refractivity contribution in [1.29, 1.82) is 0 Å². The van der Waals surface area contributed by atoms with Crippen LogP contribution in [0.15, 0.2) is 41.3 Å². The van der Waals surface area contributed by atoms with Gasteiger partial charge < -0.3 is 9.64 Å². The van der Waals surface area contributed by atoms with Gasteiger partial charge in [0.25, 0.3) is 0 Å². The number of methoxy groups -OCH3 is 1. The molecule has 2 aromatic carbocycles. The van der Waals surface area contributed by atoms with Gasteiger partial charge in [-0.1, -0.05) is 6.07 Å². The number of ether oxygens (including phenoxy) is 1. The molecule has 0 unspecified atom stereocenters. The molecule has 1 fully saturated rings. The van der Waals surface area contributed by atoms with Crippen LogP contribution in [0.25, 0.3) is 0 Å². The number of anilines is 1. The number of hydrogen-bond donors (Lipinski definition) is 0. The lowest BCUT2D eigenvalue weighted by Gasteiger charge is -2.35. The molecule has 2 aromatic rings. The minimum absolute atomic E-state index is 0.106. The Kier molecular flexibility index (Phi) is 5.15. The maximum atomic E-state index is 13.9. The molecule has 0 radical (unpaired) electrons. The largest absolute Gasteiger partial charge is 0.497 e. The van der Waals surface area contributed by atoms with E-state index >= 15 is 0 Å². The second kappa shape index (κ2) is 7.20. The smallest absolute Gasteiger partial charge is 0.243 e. The summed E-state index contributed by atoms with van der Waals surface area (Å²) in [4.78, 5) is 1.75. The molecule has 26 heavy (non-hydrogen) atoms. The first-order valence-corrected chi connectivity index (χ1v) is 9.62. The van der Waals surface area contributed by atoms with Gasteiger partial charge in [0.2, 0.25) is 10.0 Å². The summed E-state index contributed by atoms with van der Waals surface area (Å²) < 4.78 is 60.1. The average Bonchev–Trinajstić information content (AvgIpc) is 2.61. The molecule has 0 saturated carbocycles. The van der Waals surface area contributed by atoms with E-state index in [9.17, 15) is 17.2 Å². The van der Waals surface area contributed by atoms with Crippen LogP contribution in [0.3, 0.4) is 0 Å². The summed E-state index contributed by atoms with van der Waals surface area (Å²) >= 11 is 0. The molecule has 0 aromatic heterocycles. The highest BCUT2D eigenvalue weighted by atomic mass is 32.2. The molecule has 0 amide bonds. The molecular formula is C18H20F2N2O3S. The van der Waals surface area contributed by atoms with Crippen LogP contribution in [-0.4, -0.2) is 46.0 Å². The zero-order chi connectivity index (χ0) is 18.9. The molecule has 0 bridgehead atoms. The first kappa shape index (κ1) is 18.6. The Hall–Kier alpha value is -2.19. The third-order valence-corrected chi connectivity index (χ3v) is 6.55. The van der Waals surface area contributed by atoms with Crippen molar-refractivity contribution in [2.75, 3.05) is 38.2 Å². The summed E-state index contributed by atoms with van der Waals surface area (Å²) in [5.74, 6) is -0.707. The fourth-order valence-electron chi connectivity index (χ4n) is 3.12. The number of sulfonamides is 1. The Bertz CT molecular complexity index is 890. The number of para-hydroxylation sites is 1. The molecule has 140 valence electrons. The second-order valence-corrected chi connectivity index (χ2v) is 8.00. The van der Waals surface area contributed by atoms with Gasteiger partial charge in [0, 0.05) is 26.2 Å². The number of nitrogens with zero attached hydrogens (tertiary/aromatic N) is 2. The summed E-state index contributed by atoms with van der Waals surface area (Å²) in [6.45, 7) is 2.45. The van der Waals surface area contributed by atoms with Gasteiger partial charge in [-0.2, -0.15) is 4.31 Å². The van der Waals surface area contributed by atoms with Crippen LogP contribution in [-0.2, 0) is 10.0 Å². The molecule has 5 nitrogen and oxygen atoms in total. The maximum absolute atomic E-state index is 13.9. The normalized spacial score (nSPS) is 15.9. The Balaban J connectivity index is 1.79. The minimum Gasteiger partial charge on any atom is -0.497 e. The summed E-state index contributed by atoms with van der Waals surface area (Å²) in [5.41, 5.74) is 0.483. The van der Waals surface area contributed by atoms with Crippen molar-refractivity contribution < 1.29 is 21.9 Å². The Labute approximate surface area is 151 Å². The van der Waals surface area contributed by atoms with Crippen molar-refractivity contribution in [1.82, 2.24) is 4.31 Å². The van der Waals surface area contributed by atoms with Crippen molar-refractivity contribution in [3.8, 4) is 5.75 Å². The zero-order valence-electron chi connectivity index (χ0n) is 14.6. The van der Waals surface area contributed by atoms with E-state index < -0.39 is 21.7 Å². The Morgan fingerprint density at radius 3 is 2.15 bits per heavy atom. The van der Waals surface area contributed by atoms with Crippen molar-refractivity contribution in [2.24, 2.45) is 0 Å². The van der Waals surface area contributed by atoms with E-state index in [1.807, 2.05) is 0 Å². The third kappa shape index (κ3) is 3.39. The van der Waals surface area contributed by atoms with Gasteiger partial charge in [-0.05, 0) is 42.8 Å². The van der Waals surface area contributed by atoms with Crippen LogP contribution in [0.4, 0.5) is 14.5 Å². The first-order valence-electron chi connectivity index (χ1n) is 8.18. The van der Waals surface area contributed by atoms with E-state index in [0.717, 1.165) is 0 Å². The Morgan fingerprint density at radius 1 is 1.00 bits per heavy atom. The van der Waals surface area contributed by atoms with E-state index in [0.29, 0.717) is 11.3 Å². The quantitative estimate of drug-likeness (QED) is 0.816. The van der Waals surface area contributed by atoms with Gasteiger partial charge in [-0.3, -0.25) is 0 Å². The van der Waals surface area contributed by atoms with Gasteiger partial charge in [-0.25, -0.2) is 17.2 Å². The van der Waals surface area contributed by atoms with Crippen molar-refractivity contribution in [3.05, 3.63) is 53.6 Å². The topological polar surface area (TPSA) is 49.9 Å². The molecule has 0 N–H and O–H groups in total. The lowest BCUT2D eigenvalue weighted by molar-refractivity contribution is 0.380. The van der Waals surface area contributed by atoms with Crippen molar-refractivity contribution in [3.63, 3.8) is 0 Å². The van der Waals surface area contributed by atoms with Gasteiger partial charge >= 0.3 is 0 Å². The molecular weight excluding hydrogens is 362 g/mol. The monoisotopic (exact) mass is 382 g/mol. The van der Waals surface area contributed by atoms with Crippen molar-refractivity contribution in [2.45, 2.75) is 11.8 Å². The highest BCUT2D eigenvalue weighted by Gasteiger charge is 2.31. The average molecular weight is 382 g/mol. The molecule has 0 spiro atoms. The predicted molar refractivity (Wildman–Crippen MR) is 95.1 cm³/mol. The fourth-order valence-corrected chi connectivity index (χ4v) is 4.75. The SMILES string of the molecule is COc1ccc(S(=O)(=O)N2CCN(c3c(F)cccc3F)CC2)c(C)c1. The van der Waals surface area contributed by atoms with Crippen LogP contribution >= 0.6 is 0 Å². The van der Waals surface area contributed by atoms with Gasteiger partial charge in [0.1, 0.15) is 23.1 Å². The number of benzene rings is 2. The number of rotatable bonds is 4. The van der Waals surface area contributed by atoms with E-state index in [2.05, 4.69) is 0 Å². The van der Waals surface area contributed by atoms with Crippen LogP contribution in [0.1, 0.15) is 5.56 Å². The Morgan fingerprint density at radius 2 is 1.62 bits per heavy atom. The standard InChI is InChI=1S/C18H20F2N2O3S/c1-13-12-14(25-2)6-7-17(13)26(23,24)22-10-8-21(9-11-22)18-15(19)4-3-5-16(18)20/h3-7,12H,8-11H2,1-2H3. The molecule has 1 heterocycles. The summed E-state index contributed by atoms with van der Waals surface area (Å²) in [7, 11) is -2.16. The summed E-state index contributed by atoms with van der Waals surface area (Å²) in [5, 5.41) is 0. The van der Waals surface area contributed by atoms with Gasteiger partial charge in [0.05, 0.1) is 12.0 Å². The molecule has 0 atom stereocenters. The second-order valence-electron chi connectivity index (χ2n) is 6.09. The molecule has 3 rings (SSSR count). The molecule has 1 saturated heterocycles. The maximum Gasteiger partial charge on any atom is 0.243 e. The predicted octanol–water partition coefficient (Wildman–Crippen LogP) is 2.79. The van der Waals surface area contributed by atoms with E-state index in [1.165, 1.54) is 40.6 Å². The van der Waals surface area contributed by atoms with Gasteiger partial charge in [0.15, 0.2) is 0 Å². The third-order valence-electron chi connectivity index (χ3n) is 4.49. The molecule has 8 heteroatoms. The number of piperazine rings is 1. The fraction of sp³-hybridized carbons (Fsp3) is 0.333. The van der Waals surface area contributed by atoms with Gasteiger partial charge in [-0.15, -0.1) is 0 Å². The van der Waals surface area contributed by atoms with E-state index in [1.54, 1.807) is 19.1 Å². The van der Waals surface area contributed by atoms with Crippen LogP contribution in [0.5, 0.6) is 5.75 Å². The minimum atomic E-state index is -3.68. The lowest BCUT2D eigenvalue weighted by Crippen LogP contribution is -2.49. The number of hydrogen-bond acceptors (Lipinski definition) is 4. The van der Waals surface area contributed by atoms with Crippen molar-refractivity contribution >= 4 is 15.7 Å². The van der Waals surface area contributed by atoms with E-state index in [-0.39, 0.29) is 36.8 Å². The highest BCUT2D eigenvalue weighted by molar-refractivity contribution is 7.89. The summed E-state index contributed by atoms with van der Waals surface area (Å²) in [6.07, 6.45) is 0. The lowest BCUT2D eigenvalue weighted by atomic mass is 10.2. The summed E-state index contributed by atoms with van der Waals surface area (Å²) in [6, 6.07) is 8.49. The first-order chi connectivity index (χ1) is 12.3. The zero-order valence-corrected chi connectivity index (χ0v) is 15.4. The highest BCUT2D eigenvalue weighted by Crippen LogP contribution is 2.28. The van der Waals surface area contributed by atoms with Crippen LogP contribution in [0, 0.1) is 18.6 Å². The molecule has 0 aliphatic carbocycles. The van der Waals surface area contributed by atoms with Crippen LogP contribution < -0.4 is 9.64 Å². The molecule has 1 aliphatic rings. The van der Waals surface area contributed by atoms with E-state index in [4.69, 9.17) is 4.74 Å². The number of halogens is 2. The van der Waals surface area contributed by atoms with Crippen LogP contribution in [0.2, 0.25) is 0 Å². The number of aryl methyl sites for hydroxylation is 1.